The molecule has 0 atom stereocenters. The number of carbonyl (C=O) groups is 1. The average Bonchev–Trinajstić information content (AvgIpc) is 2.63. The number of amides is 1. The van der Waals surface area contributed by atoms with E-state index in [9.17, 15) is 4.79 Å². The Balaban J connectivity index is 0.00000277. The van der Waals surface area contributed by atoms with E-state index in [2.05, 4.69) is 74.1 Å². The van der Waals surface area contributed by atoms with Crippen molar-refractivity contribution in [2.24, 2.45) is 23.7 Å². The van der Waals surface area contributed by atoms with Gasteiger partial charge in [-0.2, -0.15) is 0 Å². The quantitative estimate of drug-likeness (QED) is 0.532. The molecule has 0 saturated carbocycles. The first-order chi connectivity index (χ1) is 11.5. The molecule has 0 saturated heterocycles. The second-order valence-corrected chi connectivity index (χ2v) is 8.41. The fourth-order valence-corrected chi connectivity index (χ4v) is 3.72. The third-order valence-corrected chi connectivity index (χ3v) is 4.80. The van der Waals surface area contributed by atoms with Crippen molar-refractivity contribution in [1.82, 2.24) is 4.90 Å². The van der Waals surface area contributed by atoms with Crippen molar-refractivity contribution in [1.29, 1.82) is 0 Å². The Morgan fingerprint density at radius 3 is 1.40 bits per heavy atom. The molecule has 0 radical (unpaired) electrons. The summed E-state index contributed by atoms with van der Waals surface area (Å²) in [5.74, 6) is 1.73. The molecule has 0 aliphatic carbocycles. The van der Waals surface area contributed by atoms with Gasteiger partial charge in [-0.05, 0) is 49.5 Å². The van der Waals surface area contributed by atoms with Gasteiger partial charge in [-0.3, -0.25) is 4.79 Å². The Bertz CT molecular complexity index is 504. The van der Waals surface area contributed by atoms with Crippen molar-refractivity contribution in [3.8, 4) is 0 Å². The van der Waals surface area contributed by atoms with Gasteiger partial charge >= 0.3 is 0 Å². The van der Waals surface area contributed by atoms with E-state index in [1.807, 2.05) is 13.8 Å². The van der Waals surface area contributed by atoms with Gasteiger partial charge in [0, 0.05) is 17.3 Å². The molecule has 1 heterocycles. The minimum Gasteiger partial charge on any atom is -0.310 e. The molecule has 1 aliphatic rings. The average molecular weight is 350 g/mol. The van der Waals surface area contributed by atoms with E-state index in [0.29, 0.717) is 17.8 Å². The molecule has 1 rings (SSSR count). The maximum absolute atomic E-state index is 13.5. The lowest BCUT2D eigenvalue weighted by Gasteiger charge is -2.34. The SMILES string of the molecule is CC.CC(C)C1=C(C(C)C)C(=O)N(C(C)C)C(C(C)C)=C(C(C)C)C1. The summed E-state index contributed by atoms with van der Waals surface area (Å²) in [5.41, 5.74) is 5.09. The van der Waals surface area contributed by atoms with Gasteiger partial charge in [0.2, 0.25) is 0 Å². The van der Waals surface area contributed by atoms with Crippen LogP contribution < -0.4 is 0 Å². The molecule has 25 heavy (non-hydrogen) atoms. The van der Waals surface area contributed by atoms with Gasteiger partial charge in [0.15, 0.2) is 0 Å². The maximum Gasteiger partial charge on any atom is 0.254 e. The van der Waals surface area contributed by atoms with Crippen LogP contribution in [-0.4, -0.2) is 16.8 Å². The van der Waals surface area contributed by atoms with Crippen LogP contribution in [0.15, 0.2) is 22.4 Å². The Hall–Kier alpha value is -1.05. The number of hydrogen-bond donors (Lipinski definition) is 0. The first-order valence-electron chi connectivity index (χ1n) is 10.3. The molecule has 146 valence electrons. The predicted molar refractivity (Wildman–Crippen MR) is 111 cm³/mol. The molecule has 0 bridgehead atoms. The largest absolute Gasteiger partial charge is 0.310 e. The molecular formula is C23H43NO. The highest BCUT2D eigenvalue weighted by Crippen LogP contribution is 2.39. The molecule has 0 aromatic carbocycles. The smallest absolute Gasteiger partial charge is 0.254 e. The van der Waals surface area contributed by atoms with Crippen LogP contribution in [0.5, 0.6) is 0 Å². The molecule has 2 heteroatoms. The molecule has 0 fully saturated rings. The van der Waals surface area contributed by atoms with Gasteiger partial charge in [-0.25, -0.2) is 0 Å². The van der Waals surface area contributed by atoms with E-state index in [4.69, 9.17) is 0 Å². The molecular weight excluding hydrogens is 306 g/mol. The van der Waals surface area contributed by atoms with Gasteiger partial charge in [0.25, 0.3) is 5.91 Å². The second-order valence-electron chi connectivity index (χ2n) is 8.41. The zero-order valence-electron chi connectivity index (χ0n) is 18.9. The predicted octanol–water partition coefficient (Wildman–Crippen LogP) is 6.83. The highest BCUT2D eigenvalue weighted by atomic mass is 16.2. The summed E-state index contributed by atoms with van der Waals surface area (Å²) in [6.45, 7) is 26.0. The third kappa shape index (κ3) is 5.46. The zero-order valence-corrected chi connectivity index (χ0v) is 18.9. The van der Waals surface area contributed by atoms with Crippen molar-refractivity contribution in [2.45, 2.75) is 95.5 Å². The number of rotatable bonds is 5. The first-order valence-corrected chi connectivity index (χ1v) is 10.3. The van der Waals surface area contributed by atoms with E-state index in [1.165, 1.54) is 16.8 Å². The minimum atomic E-state index is 0.189. The molecule has 0 aromatic rings. The lowest BCUT2D eigenvalue weighted by Crippen LogP contribution is -2.40. The fourth-order valence-electron chi connectivity index (χ4n) is 3.72. The molecule has 0 unspecified atom stereocenters. The Kier molecular flexibility index (Phi) is 9.76. The van der Waals surface area contributed by atoms with Crippen LogP contribution in [0.4, 0.5) is 0 Å². The van der Waals surface area contributed by atoms with Crippen molar-refractivity contribution in [2.75, 3.05) is 0 Å². The number of carbonyl (C=O) groups excluding carboxylic acids is 1. The number of allylic oxidation sites excluding steroid dienone is 3. The maximum atomic E-state index is 13.5. The van der Waals surface area contributed by atoms with E-state index in [0.717, 1.165) is 12.0 Å². The molecule has 0 spiro atoms. The lowest BCUT2D eigenvalue weighted by molar-refractivity contribution is -0.127. The van der Waals surface area contributed by atoms with Crippen molar-refractivity contribution in [3.63, 3.8) is 0 Å². The number of hydrogen-bond acceptors (Lipinski definition) is 1. The van der Waals surface area contributed by atoms with E-state index >= 15 is 0 Å². The van der Waals surface area contributed by atoms with Crippen LogP contribution >= 0.6 is 0 Å². The summed E-state index contributed by atoms with van der Waals surface area (Å²) in [4.78, 5) is 15.5. The molecule has 0 N–H and O–H groups in total. The van der Waals surface area contributed by atoms with Crippen LogP contribution in [0.1, 0.15) is 89.5 Å². The summed E-state index contributed by atoms with van der Waals surface area (Å²) in [5, 5.41) is 0. The van der Waals surface area contributed by atoms with Crippen LogP contribution in [0.3, 0.4) is 0 Å². The van der Waals surface area contributed by atoms with Crippen LogP contribution in [-0.2, 0) is 4.79 Å². The highest BCUT2D eigenvalue weighted by Gasteiger charge is 2.35. The molecule has 0 aromatic heterocycles. The second kappa shape index (κ2) is 10.2. The van der Waals surface area contributed by atoms with Gasteiger partial charge < -0.3 is 4.90 Å². The van der Waals surface area contributed by atoms with Crippen LogP contribution in [0.25, 0.3) is 0 Å². The lowest BCUT2D eigenvalue weighted by atomic mass is 9.83. The van der Waals surface area contributed by atoms with Crippen molar-refractivity contribution in [3.05, 3.63) is 22.4 Å². The third-order valence-electron chi connectivity index (χ3n) is 4.80. The van der Waals surface area contributed by atoms with Crippen molar-refractivity contribution >= 4 is 5.91 Å². The minimum absolute atomic E-state index is 0.189. The highest BCUT2D eigenvalue weighted by molar-refractivity contribution is 5.96. The summed E-state index contributed by atoms with van der Waals surface area (Å²) in [6, 6.07) is 0.189. The summed E-state index contributed by atoms with van der Waals surface area (Å²) < 4.78 is 0. The Morgan fingerprint density at radius 1 is 0.680 bits per heavy atom. The van der Waals surface area contributed by atoms with Crippen LogP contribution in [0.2, 0.25) is 0 Å². The van der Waals surface area contributed by atoms with Gasteiger partial charge in [-0.1, -0.05) is 74.8 Å². The molecule has 2 nitrogen and oxygen atoms in total. The summed E-state index contributed by atoms with van der Waals surface area (Å²) in [7, 11) is 0. The molecule has 1 amide bonds. The Morgan fingerprint density at radius 2 is 1.12 bits per heavy atom. The summed E-state index contributed by atoms with van der Waals surface area (Å²) >= 11 is 0. The van der Waals surface area contributed by atoms with Crippen molar-refractivity contribution < 1.29 is 4.79 Å². The van der Waals surface area contributed by atoms with Gasteiger partial charge in [0.1, 0.15) is 0 Å². The molecule has 1 aliphatic heterocycles. The van der Waals surface area contributed by atoms with Crippen LogP contribution in [0, 0.1) is 23.7 Å². The van der Waals surface area contributed by atoms with E-state index < -0.39 is 0 Å². The van der Waals surface area contributed by atoms with Gasteiger partial charge in [0.05, 0.1) is 0 Å². The summed E-state index contributed by atoms with van der Waals surface area (Å²) in [6.07, 6.45) is 0.950. The normalized spacial score (nSPS) is 16.5. The fraction of sp³-hybridized carbons (Fsp3) is 0.783. The first kappa shape index (κ1) is 23.9. The standard InChI is InChI=1S/C21H37NO.C2H6/c1-12(2)17-11-18(13(3)4)20(15(7)8)22(16(9)10)21(23)19(17)14(5)6;1-2/h12-16H,11H2,1-10H3;1-2H3. The van der Waals surface area contributed by atoms with E-state index in [1.54, 1.807) is 0 Å². The van der Waals surface area contributed by atoms with E-state index in [-0.39, 0.29) is 17.9 Å². The Labute approximate surface area is 157 Å². The van der Waals surface area contributed by atoms with Gasteiger partial charge in [-0.15, -0.1) is 0 Å². The zero-order chi connectivity index (χ0) is 20.1. The monoisotopic (exact) mass is 349 g/mol. The number of nitrogens with zero attached hydrogens (tertiary/aromatic N) is 1. The topological polar surface area (TPSA) is 20.3 Å².